The Labute approximate surface area is 116 Å². The summed E-state index contributed by atoms with van der Waals surface area (Å²) >= 11 is 0. The molecule has 0 aromatic heterocycles. The van der Waals surface area contributed by atoms with Gasteiger partial charge in [0.15, 0.2) is 0 Å². The maximum absolute atomic E-state index is 10.4. The minimum absolute atomic E-state index is 0. The first-order chi connectivity index (χ1) is 7.25. The van der Waals surface area contributed by atoms with E-state index in [1.807, 2.05) is 24.3 Å². The monoisotopic (exact) mass is 229 g/mol. The van der Waals surface area contributed by atoms with Crippen LogP contribution in [0.4, 0.5) is 5.69 Å². The van der Waals surface area contributed by atoms with Crippen LogP contribution in [0.3, 0.4) is 0 Å². The van der Waals surface area contributed by atoms with Gasteiger partial charge in [-0.25, -0.2) is 0 Å². The summed E-state index contributed by atoms with van der Waals surface area (Å²) in [5.41, 5.74) is 2.07. The number of benzene rings is 1. The van der Waals surface area contributed by atoms with Crippen LogP contribution in [0.15, 0.2) is 24.3 Å². The van der Waals surface area contributed by atoms with E-state index < -0.39 is 5.97 Å². The molecule has 16 heavy (non-hydrogen) atoms. The summed E-state index contributed by atoms with van der Waals surface area (Å²) < 4.78 is 5.46. The summed E-state index contributed by atoms with van der Waals surface area (Å²) in [6.45, 7) is 0.951. The van der Waals surface area contributed by atoms with Crippen molar-refractivity contribution in [3.8, 4) is 0 Å². The predicted octanol–water partition coefficient (Wildman–Crippen LogP) is -2.86. The maximum Gasteiger partial charge on any atom is 1.00 e. The van der Waals surface area contributed by atoms with E-state index in [9.17, 15) is 9.90 Å². The molecule has 2 rings (SSSR count). The van der Waals surface area contributed by atoms with Gasteiger partial charge in [0.1, 0.15) is 0 Å². The van der Waals surface area contributed by atoms with E-state index in [0.717, 1.165) is 11.3 Å². The fraction of sp³-hybridized carbons (Fsp3) is 0.364. The molecule has 1 aromatic carbocycles. The van der Waals surface area contributed by atoms with Crippen molar-refractivity contribution in [2.45, 2.75) is 19.1 Å². The molecule has 5 heteroatoms. The van der Waals surface area contributed by atoms with Crippen molar-refractivity contribution in [2.24, 2.45) is 0 Å². The molecule has 0 fully saturated rings. The second-order valence-corrected chi connectivity index (χ2v) is 3.55. The summed E-state index contributed by atoms with van der Waals surface area (Å²) in [7, 11) is 0. The van der Waals surface area contributed by atoms with Gasteiger partial charge in [-0.05, 0) is 6.07 Å². The topological polar surface area (TPSA) is 61.4 Å². The summed E-state index contributed by atoms with van der Waals surface area (Å²) in [5.74, 6) is -1.08. The number of ether oxygens (including phenoxy) is 1. The molecule has 1 aliphatic heterocycles. The summed E-state index contributed by atoms with van der Waals surface area (Å²) in [6, 6.07) is 7.79. The Bertz CT molecular complexity index is 343. The van der Waals surface area contributed by atoms with E-state index in [1.54, 1.807) is 0 Å². The number of aliphatic carboxylic acids is 1. The number of carboxylic acids is 1. The van der Waals surface area contributed by atoms with Crippen molar-refractivity contribution >= 4 is 11.7 Å². The summed E-state index contributed by atoms with van der Waals surface area (Å²) in [5, 5.41) is 13.6. The Balaban J connectivity index is 0.00000128. The number of fused-ring (bicyclic) bond motifs is 1. The van der Waals surface area contributed by atoms with Gasteiger partial charge in [0, 0.05) is 30.2 Å². The van der Waals surface area contributed by atoms with Crippen molar-refractivity contribution < 1.29 is 44.2 Å². The zero-order chi connectivity index (χ0) is 10.7. The fourth-order valence-corrected chi connectivity index (χ4v) is 1.63. The number of carbonyl (C=O) groups is 1. The average Bonchev–Trinajstić information content (AvgIpc) is 2.41. The van der Waals surface area contributed by atoms with Crippen LogP contribution in [0.1, 0.15) is 12.0 Å². The minimum atomic E-state index is -1.08. The van der Waals surface area contributed by atoms with E-state index in [-0.39, 0.29) is 42.1 Å². The number of anilines is 1. The Morgan fingerprint density at radius 3 is 3.00 bits per heavy atom. The van der Waals surface area contributed by atoms with Crippen molar-refractivity contribution in [1.82, 2.24) is 0 Å². The second kappa shape index (κ2) is 6.25. The van der Waals surface area contributed by atoms with Crippen molar-refractivity contribution in [3.05, 3.63) is 29.8 Å². The van der Waals surface area contributed by atoms with Crippen molar-refractivity contribution in [1.29, 1.82) is 0 Å². The quantitative estimate of drug-likeness (QED) is 0.554. The van der Waals surface area contributed by atoms with Gasteiger partial charge in [-0.1, -0.05) is 18.2 Å². The molecular formula is C11H12NNaO3. The first-order valence-electron chi connectivity index (χ1n) is 4.89. The van der Waals surface area contributed by atoms with Gasteiger partial charge >= 0.3 is 29.6 Å². The normalized spacial score (nSPS) is 18.6. The van der Waals surface area contributed by atoms with Crippen LogP contribution in [0, 0.1) is 0 Å². The van der Waals surface area contributed by atoms with Gasteiger partial charge in [-0.15, -0.1) is 0 Å². The van der Waals surface area contributed by atoms with E-state index in [4.69, 9.17) is 4.74 Å². The zero-order valence-corrected chi connectivity index (χ0v) is 11.2. The molecule has 1 heterocycles. The Hall–Kier alpha value is -0.550. The number of rotatable bonds is 2. The van der Waals surface area contributed by atoms with Crippen LogP contribution in [0.2, 0.25) is 0 Å². The number of nitrogens with one attached hydrogen (secondary N) is 1. The first-order valence-corrected chi connectivity index (χ1v) is 4.89. The van der Waals surface area contributed by atoms with Crippen molar-refractivity contribution in [2.75, 3.05) is 11.9 Å². The number of hydrogen-bond acceptors (Lipinski definition) is 4. The van der Waals surface area contributed by atoms with E-state index in [1.165, 1.54) is 0 Å². The molecule has 0 radical (unpaired) electrons. The molecule has 1 unspecified atom stereocenters. The van der Waals surface area contributed by atoms with Crippen LogP contribution in [0.5, 0.6) is 0 Å². The molecular weight excluding hydrogens is 217 g/mol. The van der Waals surface area contributed by atoms with Crippen LogP contribution in [-0.4, -0.2) is 18.6 Å². The largest absolute Gasteiger partial charge is 1.00 e. The summed E-state index contributed by atoms with van der Waals surface area (Å²) in [4.78, 5) is 10.4. The third kappa shape index (κ3) is 3.49. The first kappa shape index (κ1) is 13.5. The Morgan fingerprint density at radius 2 is 2.25 bits per heavy atom. The molecule has 4 nitrogen and oxygen atoms in total. The minimum Gasteiger partial charge on any atom is -0.550 e. The van der Waals surface area contributed by atoms with Gasteiger partial charge in [-0.3, -0.25) is 0 Å². The number of para-hydroxylation sites is 1. The van der Waals surface area contributed by atoms with Crippen LogP contribution < -0.4 is 40.0 Å². The molecule has 0 spiro atoms. The molecule has 0 aliphatic carbocycles. The molecule has 0 amide bonds. The van der Waals surface area contributed by atoms with Gasteiger partial charge in [0.2, 0.25) is 0 Å². The maximum atomic E-state index is 10.4. The predicted molar refractivity (Wildman–Crippen MR) is 53.1 cm³/mol. The van der Waals surface area contributed by atoms with Crippen molar-refractivity contribution in [3.63, 3.8) is 0 Å². The van der Waals surface area contributed by atoms with E-state index in [0.29, 0.717) is 13.2 Å². The molecule has 1 atom stereocenters. The van der Waals surface area contributed by atoms with Gasteiger partial charge in [0.05, 0.1) is 12.7 Å². The smallest absolute Gasteiger partial charge is 0.550 e. The van der Waals surface area contributed by atoms with Gasteiger partial charge < -0.3 is 20.0 Å². The molecule has 0 saturated carbocycles. The summed E-state index contributed by atoms with van der Waals surface area (Å²) in [6.07, 6.45) is -0.386. The zero-order valence-electron chi connectivity index (χ0n) is 9.23. The van der Waals surface area contributed by atoms with Gasteiger partial charge in [0.25, 0.3) is 0 Å². The number of carboxylic acid groups (broad SMARTS) is 1. The van der Waals surface area contributed by atoms with Crippen LogP contribution >= 0.6 is 0 Å². The number of hydrogen-bond donors (Lipinski definition) is 1. The molecule has 1 aromatic rings. The third-order valence-electron chi connectivity index (χ3n) is 2.41. The number of carbonyl (C=O) groups excluding carboxylic acids is 1. The molecule has 0 saturated heterocycles. The third-order valence-corrected chi connectivity index (χ3v) is 2.41. The Morgan fingerprint density at radius 1 is 1.50 bits per heavy atom. The molecule has 1 aliphatic rings. The molecule has 0 bridgehead atoms. The second-order valence-electron chi connectivity index (χ2n) is 3.55. The average molecular weight is 229 g/mol. The van der Waals surface area contributed by atoms with E-state index >= 15 is 0 Å². The fourth-order valence-electron chi connectivity index (χ4n) is 1.63. The van der Waals surface area contributed by atoms with Crippen LogP contribution in [-0.2, 0) is 16.1 Å². The van der Waals surface area contributed by atoms with Crippen LogP contribution in [0.25, 0.3) is 0 Å². The standard InChI is InChI=1S/C11H13NO3.Na/c13-11(14)5-9-6-12-10-4-2-1-3-8(10)7-15-9;/h1-4,9,12H,5-7H2,(H,13,14);/q;+1/p-1. The van der Waals surface area contributed by atoms with Gasteiger partial charge in [-0.2, -0.15) is 0 Å². The van der Waals surface area contributed by atoms with E-state index in [2.05, 4.69) is 5.32 Å². The molecule has 80 valence electrons. The molecule has 1 N–H and O–H groups in total. The SMILES string of the molecule is O=C([O-])CC1CNc2ccccc2CO1.[Na+]. The Kier molecular flexibility index (Phi) is 5.28.